The Bertz CT molecular complexity index is 1510. The lowest BCUT2D eigenvalue weighted by Gasteiger charge is -2.25. The Balaban J connectivity index is 1.67. The summed E-state index contributed by atoms with van der Waals surface area (Å²) >= 11 is 0. The molecule has 3 aromatic rings. The summed E-state index contributed by atoms with van der Waals surface area (Å²) < 4.78 is 39.3. The average Bonchev–Trinajstić information content (AvgIpc) is 3.45. The quantitative estimate of drug-likeness (QED) is 0.304. The standard InChI is InChI=1S/C25H20N2O8S/c1-33-17-7-2-14(3-8-17)22-21(23(28)15-4-11-19-20(12-15)35-13-34-19)24(29)25(30)27(22)16-5-9-18(10-6-16)36(26,31)32/h2-12,22,28H,13H2,1H3,(H2,26,31,32)/b23-21-. The fourth-order valence-corrected chi connectivity index (χ4v) is 4.71. The number of ketones is 1. The van der Waals surface area contributed by atoms with Crippen LogP contribution in [0, 0.1) is 0 Å². The summed E-state index contributed by atoms with van der Waals surface area (Å²) in [6.07, 6.45) is 0. The molecule has 0 radical (unpaired) electrons. The molecule has 1 amide bonds. The first-order chi connectivity index (χ1) is 17.2. The number of carbonyl (C=O) groups is 2. The van der Waals surface area contributed by atoms with Crippen molar-refractivity contribution in [3.05, 3.63) is 83.4 Å². The van der Waals surface area contributed by atoms with Gasteiger partial charge in [0.15, 0.2) is 11.5 Å². The van der Waals surface area contributed by atoms with Gasteiger partial charge in [-0.05, 0) is 60.2 Å². The second kappa shape index (κ2) is 8.70. The Labute approximate surface area is 206 Å². The molecule has 184 valence electrons. The largest absolute Gasteiger partial charge is 0.507 e. The molecule has 1 fully saturated rings. The SMILES string of the molecule is COc1ccc(C2/C(=C(/O)c3ccc4c(c3)OCO4)C(=O)C(=O)N2c2ccc(S(N)(=O)=O)cc2)cc1. The van der Waals surface area contributed by atoms with E-state index >= 15 is 0 Å². The van der Waals surface area contributed by atoms with Gasteiger partial charge in [0.1, 0.15) is 11.5 Å². The zero-order valence-corrected chi connectivity index (χ0v) is 19.7. The molecule has 36 heavy (non-hydrogen) atoms. The molecular formula is C25H20N2O8S. The van der Waals surface area contributed by atoms with Crippen molar-refractivity contribution in [3.63, 3.8) is 0 Å². The van der Waals surface area contributed by atoms with Crippen LogP contribution in [0.15, 0.2) is 77.2 Å². The number of aliphatic hydroxyl groups excluding tert-OH is 1. The van der Waals surface area contributed by atoms with Crippen LogP contribution in [0.1, 0.15) is 17.2 Å². The first kappa shape index (κ1) is 23.4. The van der Waals surface area contributed by atoms with Crippen LogP contribution in [0.4, 0.5) is 5.69 Å². The summed E-state index contributed by atoms with van der Waals surface area (Å²) in [6.45, 7) is 0.0320. The Hall–Kier alpha value is -4.35. The predicted molar refractivity (Wildman–Crippen MR) is 128 cm³/mol. The van der Waals surface area contributed by atoms with Crippen LogP contribution < -0.4 is 24.2 Å². The van der Waals surface area contributed by atoms with Gasteiger partial charge in [0, 0.05) is 11.3 Å². The van der Waals surface area contributed by atoms with Crippen LogP contribution in [0.25, 0.3) is 5.76 Å². The highest BCUT2D eigenvalue weighted by Crippen LogP contribution is 2.43. The number of carbonyl (C=O) groups excluding carboxylic acids is 2. The number of ether oxygens (including phenoxy) is 3. The van der Waals surface area contributed by atoms with Crippen LogP contribution in [0.2, 0.25) is 0 Å². The number of aliphatic hydroxyl groups is 1. The summed E-state index contributed by atoms with van der Waals surface area (Å²) in [6, 6.07) is 15.6. The number of nitrogens with two attached hydrogens (primary N) is 1. The highest BCUT2D eigenvalue weighted by atomic mass is 32.2. The number of amides is 1. The minimum atomic E-state index is -3.96. The van der Waals surface area contributed by atoms with E-state index in [0.717, 1.165) is 0 Å². The van der Waals surface area contributed by atoms with Gasteiger partial charge in [-0.25, -0.2) is 13.6 Å². The molecule has 2 aliphatic heterocycles. The highest BCUT2D eigenvalue weighted by Gasteiger charge is 2.47. The Kier molecular flexibility index (Phi) is 5.65. The minimum absolute atomic E-state index is 0.0320. The molecule has 10 nitrogen and oxygen atoms in total. The third-order valence-corrected chi connectivity index (χ3v) is 6.89. The Morgan fingerprint density at radius 1 is 1.00 bits per heavy atom. The summed E-state index contributed by atoms with van der Waals surface area (Å²) in [7, 11) is -2.45. The third kappa shape index (κ3) is 3.93. The van der Waals surface area contributed by atoms with E-state index in [-0.39, 0.29) is 28.5 Å². The summed E-state index contributed by atoms with van der Waals surface area (Å²) in [5.74, 6) is -0.732. The van der Waals surface area contributed by atoms with Crippen LogP contribution >= 0.6 is 0 Å². The maximum atomic E-state index is 13.3. The number of hydrogen-bond acceptors (Lipinski definition) is 8. The third-order valence-electron chi connectivity index (χ3n) is 5.97. The van der Waals surface area contributed by atoms with Gasteiger partial charge in [-0.1, -0.05) is 12.1 Å². The van der Waals surface area contributed by atoms with E-state index in [2.05, 4.69) is 0 Å². The molecule has 2 heterocycles. The Morgan fingerprint density at radius 3 is 2.31 bits per heavy atom. The lowest BCUT2D eigenvalue weighted by atomic mass is 9.95. The summed E-state index contributed by atoms with van der Waals surface area (Å²) in [4.78, 5) is 27.6. The van der Waals surface area contributed by atoms with Gasteiger partial charge in [-0.15, -0.1) is 0 Å². The molecule has 1 unspecified atom stereocenters. The van der Waals surface area contributed by atoms with Gasteiger partial charge in [0.2, 0.25) is 16.8 Å². The number of sulfonamides is 1. The normalized spacial score (nSPS) is 18.5. The van der Waals surface area contributed by atoms with Crippen molar-refractivity contribution in [2.45, 2.75) is 10.9 Å². The summed E-state index contributed by atoms with van der Waals surface area (Å²) in [5.41, 5.74) is 0.891. The fourth-order valence-electron chi connectivity index (χ4n) is 4.20. The maximum absolute atomic E-state index is 13.3. The molecule has 1 saturated heterocycles. The molecule has 0 bridgehead atoms. The number of nitrogens with zero attached hydrogens (tertiary/aromatic N) is 1. The zero-order chi connectivity index (χ0) is 25.6. The molecule has 0 aliphatic carbocycles. The van der Waals surface area contributed by atoms with Crippen molar-refractivity contribution in [2.24, 2.45) is 5.14 Å². The lowest BCUT2D eigenvalue weighted by Crippen LogP contribution is -2.29. The number of methoxy groups -OCH3 is 1. The topological polar surface area (TPSA) is 145 Å². The molecule has 3 aromatic carbocycles. The van der Waals surface area contributed by atoms with Crippen molar-refractivity contribution in [2.75, 3.05) is 18.8 Å². The van der Waals surface area contributed by atoms with Gasteiger partial charge in [0.05, 0.1) is 23.6 Å². The van der Waals surface area contributed by atoms with Crippen molar-refractivity contribution in [1.82, 2.24) is 0 Å². The zero-order valence-electron chi connectivity index (χ0n) is 18.9. The highest BCUT2D eigenvalue weighted by molar-refractivity contribution is 7.89. The smallest absolute Gasteiger partial charge is 0.300 e. The number of fused-ring (bicyclic) bond motifs is 1. The van der Waals surface area contributed by atoms with Crippen molar-refractivity contribution < 1.29 is 37.3 Å². The molecular weight excluding hydrogens is 488 g/mol. The van der Waals surface area contributed by atoms with E-state index in [4.69, 9.17) is 19.3 Å². The molecule has 0 spiro atoms. The minimum Gasteiger partial charge on any atom is -0.507 e. The van der Waals surface area contributed by atoms with E-state index in [0.29, 0.717) is 22.8 Å². The molecule has 1 atom stereocenters. The van der Waals surface area contributed by atoms with Crippen LogP contribution in [-0.4, -0.2) is 39.1 Å². The van der Waals surface area contributed by atoms with Gasteiger partial charge in [-0.2, -0.15) is 0 Å². The number of hydrogen-bond donors (Lipinski definition) is 2. The van der Waals surface area contributed by atoms with E-state index in [1.165, 1.54) is 42.3 Å². The average molecular weight is 509 g/mol. The van der Waals surface area contributed by atoms with Crippen LogP contribution in [-0.2, 0) is 19.6 Å². The van der Waals surface area contributed by atoms with Crippen molar-refractivity contribution >= 4 is 33.2 Å². The van der Waals surface area contributed by atoms with Crippen LogP contribution in [0.3, 0.4) is 0 Å². The van der Waals surface area contributed by atoms with E-state index in [9.17, 15) is 23.1 Å². The number of Topliss-reactive ketones (excluding diaryl/α,β-unsaturated/α-hetero) is 1. The maximum Gasteiger partial charge on any atom is 0.300 e. The van der Waals surface area contributed by atoms with Gasteiger partial charge < -0.3 is 19.3 Å². The number of benzene rings is 3. The van der Waals surface area contributed by atoms with Gasteiger partial charge >= 0.3 is 0 Å². The van der Waals surface area contributed by atoms with Crippen molar-refractivity contribution in [1.29, 1.82) is 0 Å². The number of rotatable bonds is 5. The monoisotopic (exact) mass is 508 g/mol. The molecule has 2 aliphatic rings. The summed E-state index contributed by atoms with van der Waals surface area (Å²) in [5, 5.41) is 16.4. The van der Waals surface area contributed by atoms with Gasteiger partial charge in [0.25, 0.3) is 11.7 Å². The predicted octanol–water partition coefficient (Wildman–Crippen LogP) is 2.70. The molecule has 0 aromatic heterocycles. The Morgan fingerprint density at radius 2 is 1.67 bits per heavy atom. The van der Waals surface area contributed by atoms with E-state index in [1.807, 2.05) is 0 Å². The first-order valence-corrected chi connectivity index (χ1v) is 12.2. The molecule has 0 saturated carbocycles. The molecule has 3 N–H and O–H groups in total. The van der Waals surface area contributed by atoms with Crippen molar-refractivity contribution in [3.8, 4) is 17.2 Å². The fraction of sp³-hybridized carbons (Fsp3) is 0.120. The lowest BCUT2D eigenvalue weighted by molar-refractivity contribution is -0.132. The number of anilines is 1. The number of primary sulfonamides is 1. The van der Waals surface area contributed by atoms with E-state index in [1.54, 1.807) is 36.4 Å². The van der Waals surface area contributed by atoms with Gasteiger partial charge in [-0.3, -0.25) is 14.5 Å². The second-order valence-electron chi connectivity index (χ2n) is 8.05. The molecule has 11 heteroatoms. The second-order valence-corrected chi connectivity index (χ2v) is 9.61. The first-order valence-electron chi connectivity index (χ1n) is 10.7. The molecule has 5 rings (SSSR count). The van der Waals surface area contributed by atoms with E-state index < -0.39 is 33.5 Å². The van der Waals surface area contributed by atoms with Crippen LogP contribution in [0.5, 0.6) is 17.2 Å².